The molecule has 0 amide bonds. The molecule has 0 bridgehead atoms. The molecule has 0 atom stereocenters. The van der Waals surface area contributed by atoms with Gasteiger partial charge >= 0.3 is 0 Å². The lowest BCUT2D eigenvalue weighted by atomic mass is 10.1. The molecule has 0 aliphatic carbocycles. The molecular formula is C41H34N2OS. The Morgan fingerprint density at radius 1 is 0.822 bits per heavy atom. The zero-order valence-corrected chi connectivity index (χ0v) is 26.5. The van der Waals surface area contributed by atoms with E-state index in [-0.39, 0.29) is 0 Å². The topological polar surface area (TPSA) is 23.0 Å². The Kier molecular flexibility index (Phi) is 7.15. The standard InChI is InChI=1S/C41H34N2OS/c1-7-12-13-21-34-26(6)38-29(9-3)36(10-4)44-41(38)43(34)28-19-16-18-27(25-28)42-35-22-15-14-20-30(35)32-23-24-33-31(17-8-2)37(11-5)45-40(33)39(32)42/h7-20,22-25H,1,3-5,21H2,2,6H3/b13-12-,17-8-. The van der Waals surface area contributed by atoms with E-state index in [4.69, 9.17) is 4.42 Å². The number of thiophene rings is 1. The quantitative estimate of drug-likeness (QED) is 0.151. The molecule has 0 spiro atoms. The number of furan rings is 1. The van der Waals surface area contributed by atoms with Gasteiger partial charge in [-0.3, -0.25) is 4.57 Å². The molecule has 45 heavy (non-hydrogen) atoms. The fraction of sp³-hybridized carbons (Fsp3) is 0.0732. The number of allylic oxidation sites excluding steroid dienone is 4. The lowest BCUT2D eigenvalue weighted by Crippen LogP contribution is -2.02. The predicted molar refractivity (Wildman–Crippen MR) is 198 cm³/mol. The van der Waals surface area contributed by atoms with Crippen molar-refractivity contribution in [3.05, 3.63) is 144 Å². The highest BCUT2D eigenvalue weighted by Gasteiger charge is 2.24. The summed E-state index contributed by atoms with van der Waals surface area (Å²) in [4.78, 5) is 1.18. The summed E-state index contributed by atoms with van der Waals surface area (Å²) >= 11 is 1.80. The molecule has 3 aromatic carbocycles. The van der Waals surface area contributed by atoms with Crippen LogP contribution < -0.4 is 0 Å². The van der Waals surface area contributed by atoms with Crippen LogP contribution in [0.4, 0.5) is 0 Å². The molecule has 4 heterocycles. The molecule has 4 heteroatoms. The molecular weight excluding hydrogens is 569 g/mol. The zero-order valence-electron chi connectivity index (χ0n) is 25.6. The average Bonchev–Trinajstić information content (AvgIpc) is 3.79. The van der Waals surface area contributed by atoms with Crippen LogP contribution in [0.3, 0.4) is 0 Å². The van der Waals surface area contributed by atoms with Gasteiger partial charge in [0.15, 0.2) is 0 Å². The first-order valence-corrected chi connectivity index (χ1v) is 15.9. The van der Waals surface area contributed by atoms with Crippen molar-refractivity contribution < 1.29 is 4.42 Å². The van der Waals surface area contributed by atoms with Gasteiger partial charge in [0.05, 0.1) is 26.8 Å². The van der Waals surface area contributed by atoms with Gasteiger partial charge in [0.25, 0.3) is 0 Å². The van der Waals surface area contributed by atoms with Crippen LogP contribution in [0, 0.1) is 6.92 Å². The van der Waals surface area contributed by atoms with E-state index < -0.39 is 0 Å². The van der Waals surface area contributed by atoms with Crippen molar-refractivity contribution in [2.45, 2.75) is 20.3 Å². The van der Waals surface area contributed by atoms with E-state index in [1.165, 1.54) is 47.9 Å². The Balaban J connectivity index is 1.56. The second kappa shape index (κ2) is 11.3. The maximum absolute atomic E-state index is 6.48. The Morgan fingerprint density at radius 2 is 1.60 bits per heavy atom. The summed E-state index contributed by atoms with van der Waals surface area (Å²) in [5.41, 5.74) is 9.80. The van der Waals surface area contributed by atoms with Crippen LogP contribution in [0.2, 0.25) is 0 Å². The molecule has 0 N–H and O–H groups in total. The molecule has 0 aliphatic rings. The number of nitrogens with zero attached hydrogens (tertiary/aromatic N) is 2. The maximum atomic E-state index is 6.48. The van der Waals surface area contributed by atoms with Crippen molar-refractivity contribution >= 4 is 78.6 Å². The summed E-state index contributed by atoms with van der Waals surface area (Å²) < 4.78 is 12.4. The Bertz CT molecular complexity index is 2390. The fourth-order valence-electron chi connectivity index (χ4n) is 6.72. The average molecular weight is 603 g/mol. The van der Waals surface area contributed by atoms with Gasteiger partial charge in [0, 0.05) is 50.0 Å². The molecule has 0 radical (unpaired) electrons. The highest BCUT2D eigenvalue weighted by molar-refractivity contribution is 7.21. The van der Waals surface area contributed by atoms with Crippen molar-refractivity contribution in [2.24, 2.45) is 0 Å². The highest BCUT2D eigenvalue weighted by Crippen LogP contribution is 2.43. The third-order valence-electron chi connectivity index (χ3n) is 8.63. The van der Waals surface area contributed by atoms with Crippen molar-refractivity contribution in [2.75, 3.05) is 0 Å². The summed E-state index contributed by atoms with van der Waals surface area (Å²) in [7, 11) is 0. The number of fused-ring (bicyclic) bond motifs is 6. The summed E-state index contributed by atoms with van der Waals surface area (Å²) in [6.45, 7) is 20.3. The second-order valence-corrected chi connectivity index (χ2v) is 12.1. The van der Waals surface area contributed by atoms with Crippen LogP contribution >= 0.6 is 11.3 Å². The van der Waals surface area contributed by atoms with E-state index in [2.05, 4.69) is 128 Å². The summed E-state index contributed by atoms with van der Waals surface area (Å²) in [5, 5.41) is 4.77. The lowest BCUT2D eigenvalue weighted by Gasteiger charge is -2.14. The smallest absolute Gasteiger partial charge is 0.213 e. The molecule has 0 unspecified atom stereocenters. The minimum atomic E-state index is 0.730. The van der Waals surface area contributed by atoms with Gasteiger partial charge in [0.2, 0.25) is 5.71 Å². The normalized spacial score (nSPS) is 12.0. The molecule has 7 aromatic rings. The predicted octanol–water partition coefficient (Wildman–Crippen LogP) is 12.1. The first-order chi connectivity index (χ1) is 22.1. The van der Waals surface area contributed by atoms with E-state index in [0.717, 1.165) is 45.9 Å². The summed E-state index contributed by atoms with van der Waals surface area (Å²) in [6, 6.07) is 22.0. The van der Waals surface area contributed by atoms with Gasteiger partial charge in [0.1, 0.15) is 5.76 Å². The molecule has 4 aromatic heterocycles. The zero-order chi connectivity index (χ0) is 31.2. The third-order valence-corrected chi connectivity index (χ3v) is 9.86. The number of benzene rings is 3. The van der Waals surface area contributed by atoms with Crippen LogP contribution in [-0.2, 0) is 6.42 Å². The van der Waals surface area contributed by atoms with Crippen molar-refractivity contribution in [3.8, 4) is 11.4 Å². The molecule has 220 valence electrons. The second-order valence-electron chi connectivity index (χ2n) is 11.0. The summed E-state index contributed by atoms with van der Waals surface area (Å²) in [5.74, 6) is 0.730. The molecule has 0 saturated carbocycles. The number of hydrogen-bond donors (Lipinski definition) is 0. The van der Waals surface area contributed by atoms with E-state index in [1.54, 1.807) is 17.4 Å². The lowest BCUT2D eigenvalue weighted by molar-refractivity contribution is 0.580. The van der Waals surface area contributed by atoms with Crippen LogP contribution in [0.15, 0.2) is 116 Å². The first-order valence-electron chi connectivity index (χ1n) is 15.1. The van der Waals surface area contributed by atoms with E-state index in [9.17, 15) is 0 Å². The number of rotatable bonds is 9. The molecule has 0 saturated heterocycles. The summed E-state index contributed by atoms with van der Waals surface area (Å²) in [6.07, 6.45) is 16.6. The molecule has 0 aliphatic heterocycles. The highest BCUT2D eigenvalue weighted by atomic mass is 32.1. The molecule has 7 rings (SSSR count). The largest absolute Gasteiger partial charge is 0.439 e. The van der Waals surface area contributed by atoms with Crippen LogP contribution in [0.5, 0.6) is 0 Å². The van der Waals surface area contributed by atoms with E-state index in [1.807, 2.05) is 24.3 Å². The third kappa shape index (κ3) is 4.25. The number of hydrogen-bond acceptors (Lipinski definition) is 2. The van der Waals surface area contributed by atoms with Gasteiger partial charge in [-0.2, -0.15) is 0 Å². The molecule has 3 nitrogen and oxygen atoms in total. The Morgan fingerprint density at radius 3 is 2.33 bits per heavy atom. The van der Waals surface area contributed by atoms with Gasteiger partial charge in [-0.1, -0.05) is 105 Å². The monoisotopic (exact) mass is 602 g/mol. The van der Waals surface area contributed by atoms with E-state index >= 15 is 0 Å². The van der Waals surface area contributed by atoms with Crippen LogP contribution in [0.1, 0.15) is 39.9 Å². The Hall–Kier alpha value is -5.32. The van der Waals surface area contributed by atoms with Crippen molar-refractivity contribution in [3.63, 3.8) is 0 Å². The number of aromatic nitrogens is 2. The molecule has 0 fully saturated rings. The van der Waals surface area contributed by atoms with Crippen molar-refractivity contribution in [1.82, 2.24) is 9.13 Å². The van der Waals surface area contributed by atoms with Gasteiger partial charge in [-0.25, -0.2) is 0 Å². The number of para-hydroxylation sites is 1. The minimum absolute atomic E-state index is 0.730. The van der Waals surface area contributed by atoms with Gasteiger partial charge < -0.3 is 8.98 Å². The number of aryl methyl sites for hydroxylation is 1. The maximum Gasteiger partial charge on any atom is 0.213 e. The van der Waals surface area contributed by atoms with Crippen molar-refractivity contribution in [1.29, 1.82) is 0 Å². The van der Waals surface area contributed by atoms with Crippen LogP contribution in [0.25, 0.3) is 78.7 Å². The van der Waals surface area contributed by atoms with Gasteiger partial charge in [-0.05, 0) is 49.8 Å². The first kappa shape index (κ1) is 28.5. The Labute approximate surface area is 267 Å². The minimum Gasteiger partial charge on any atom is -0.439 e. The van der Waals surface area contributed by atoms with Crippen LogP contribution in [-0.4, -0.2) is 9.13 Å². The SMILES string of the molecule is C=C/C=C\Cc1c(C)c2c(C=C)c(C=C)oc2n1-c1cccc(-n2c3ccccc3c3ccc4c(/C=C\C)c(C=C)sc4c32)c1. The van der Waals surface area contributed by atoms with E-state index in [0.29, 0.717) is 0 Å². The van der Waals surface area contributed by atoms with Gasteiger partial charge in [-0.15, -0.1) is 11.3 Å². The fourth-order valence-corrected chi connectivity index (χ4v) is 7.90.